The zero-order valence-electron chi connectivity index (χ0n) is 12.9. The third kappa shape index (κ3) is 6.94. The molecule has 0 aliphatic rings. The van der Waals surface area contributed by atoms with Crippen molar-refractivity contribution in [1.82, 2.24) is 4.90 Å². The van der Waals surface area contributed by atoms with Crippen LogP contribution < -0.4 is 5.73 Å². The van der Waals surface area contributed by atoms with Gasteiger partial charge in [0.05, 0.1) is 19.6 Å². The average molecular weight is 288 g/mol. The van der Waals surface area contributed by atoms with E-state index in [0.717, 1.165) is 17.5 Å². The van der Waals surface area contributed by atoms with Gasteiger partial charge in [-0.05, 0) is 24.1 Å². The first kappa shape index (κ1) is 17.2. The van der Waals surface area contributed by atoms with Crippen molar-refractivity contribution in [3.8, 4) is 11.8 Å². The smallest absolute Gasteiger partial charge is 0.224 e. The second-order valence-corrected chi connectivity index (χ2v) is 4.81. The Bertz CT molecular complexity index is 486. The number of nitrogens with zero attached hydrogens (tertiary/aromatic N) is 1. The van der Waals surface area contributed by atoms with Crippen molar-refractivity contribution < 1.29 is 9.53 Å². The second-order valence-electron chi connectivity index (χ2n) is 4.81. The third-order valence-corrected chi connectivity index (χ3v) is 2.94. The number of hydrogen-bond donors (Lipinski definition) is 1. The fourth-order valence-electron chi connectivity index (χ4n) is 1.81. The number of amides is 1. The lowest BCUT2D eigenvalue weighted by Crippen LogP contribution is -2.27. The standard InChI is InChI=1S/C17H24N2O2/c1-3-12-21-13-10-17(20)19(2)14-16-8-6-15(7-9-16)5-4-11-18/h6-9H,3,10-14,18H2,1-2H3. The van der Waals surface area contributed by atoms with Gasteiger partial charge in [-0.2, -0.15) is 0 Å². The Labute approximate surface area is 127 Å². The van der Waals surface area contributed by atoms with Crippen LogP contribution in [0.15, 0.2) is 24.3 Å². The minimum absolute atomic E-state index is 0.0955. The number of carbonyl (C=O) groups excluding carboxylic acids is 1. The molecule has 21 heavy (non-hydrogen) atoms. The topological polar surface area (TPSA) is 55.6 Å². The van der Waals surface area contributed by atoms with Gasteiger partial charge >= 0.3 is 0 Å². The van der Waals surface area contributed by atoms with E-state index in [-0.39, 0.29) is 5.91 Å². The van der Waals surface area contributed by atoms with Gasteiger partial charge in [0.2, 0.25) is 5.91 Å². The summed E-state index contributed by atoms with van der Waals surface area (Å²) in [5.74, 6) is 5.89. The number of ether oxygens (including phenoxy) is 1. The van der Waals surface area contributed by atoms with Crippen LogP contribution in [-0.4, -0.2) is 37.6 Å². The summed E-state index contributed by atoms with van der Waals surface area (Å²) in [4.78, 5) is 13.6. The van der Waals surface area contributed by atoms with Crippen molar-refractivity contribution in [2.24, 2.45) is 5.73 Å². The minimum Gasteiger partial charge on any atom is -0.381 e. The zero-order chi connectivity index (χ0) is 15.5. The molecule has 1 aromatic carbocycles. The predicted octanol–water partition coefficient (Wildman–Crippen LogP) is 1.77. The maximum absolute atomic E-state index is 11.9. The van der Waals surface area contributed by atoms with E-state index in [2.05, 4.69) is 18.8 Å². The number of hydrogen-bond acceptors (Lipinski definition) is 3. The van der Waals surface area contributed by atoms with Crippen LogP contribution in [0.1, 0.15) is 30.9 Å². The Morgan fingerprint density at radius 2 is 2.00 bits per heavy atom. The molecule has 0 radical (unpaired) electrons. The highest BCUT2D eigenvalue weighted by atomic mass is 16.5. The lowest BCUT2D eigenvalue weighted by Gasteiger charge is -2.17. The molecule has 0 bridgehead atoms. The maximum atomic E-state index is 11.9. The lowest BCUT2D eigenvalue weighted by molar-refractivity contribution is -0.131. The molecule has 0 unspecified atom stereocenters. The van der Waals surface area contributed by atoms with Crippen molar-refractivity contribution in [2.45, 2.75) is 26.3 Å². The zero-order valence-corrected chi connectivity index (χ0v) is 12.9. The normalized spacial score (nSPS) is 9.86. The molecule has 0 aliphatic heterocycles. The average Bonchev–Trinajstić information content (AvgIpc) is 2.50. The van der Waals surface area contributed by atoms with Gasteiger partial charge in [-0.15, -0.1) is 0 Å². The van der Waals surface area contributed by atoms with Gasteiger partial charge in [-0.3, -0.25) is 4.79 Å². The highest BCUT2D eigenvalue weighted by molar-refractivity contribution is 5.75. The van der Waals surface area contributed by atoms with Gasteiger partial charge in [0, 0.05) is 25.8 Å². The van der Waals surface area contributed by atoms with Crippen LogP contribution in [0, 0.1) is 11.8 Å². The molecule has 0 atom stereocenters. The summed E-state index contributed by atoms with van der Waals surface area (Å²) in [6.07, 6.45) is 1.40. The maximum Gasteiger partial charge on any atom is 0.224 e. The molecule has 0 aromatic heterocycles. The Hall–Kier alpha value is -1.83. The quantitative estimate of drug-likeness (QED) is 0.614. The molecule has 1 aromatic rings. The van der Waals surface area contributed by atoms with E-state index in [0.29, 0.717) is 32.7 Å². The molecule has 2 N–H and O–H groups in total. The Balaban J connectivity index is 2.43. The molecule has 0 fully saturated rings. The van der Waals surface area contributed by atoms with Crippen LogP contribution >= 0.6 is 0 Å². The van der Waals surface area contributed by atoms with Crippen LogP contribution in [0.4, 0.5) is 0 Å². The van der Waals surface area contributed by atoms with E-state index in [1.165, 1.54) is 0 Å². The Morgan fingerprint density at radius 1 is 1.29 bits per heavy atom. The molecule has 0 aliphatic carbocycles. The second kappa shape index (κ2) is 9.98. The molecule has 0 saturated heterocycles. The van der Waals surface area contributed by atoms with Crippen LogP contribution in [0.25, 0.3) is 0 Å². The first-order chi connectivity index (χ1) is 10.2. The van der Waals surface area contributed by atoms with Crippen molar-refractivity contribution >= 4 is 5.91 Å². The van der Waals surface area contributed by atoms with Crippen LogP contribution in [-0.2, 0) is 16.1 Å². The molecular weight excluding hydrogens is 264 g/mol. The fraction of sp³-hybridized carbons (Fsp3) is 0.471. The number of nitrogens with two attached hydrogens (primary N) is 1. The number of carbonyl (C=O) groups is 1. The molecule has 0 heterocycles. The van der Waals surface area contributed by atoms with Crippen molar-refractivity contribution in [3.63, 3.8) is 0 Å². The van der Waals surface area contributed by atoms with Gasteiger partial charge in [0.15, 0.2) is 0 Å². The fourth-order valence-corrected chi connectivity index (χ4v) is 1.81. The molecule has 0 saturated carbocycles. The molecular formula is C17H24N2O2. The summed E-state index contributed by atoms with van der Waals surface area (Å²) in [7, 11) is 1.81. The molecule has 0 spiro atoms. The first-order valence-corrected chi connectivity index (χ1v) is 7.27. The minimum atomic E-state index is 0.0955. The summed E-state index contributed by atoms with van der Waals surface area (Å²) >= 11 is 0. The third-order valence-electron chi connectivity index (χ3n) is 2.94. The summed E-state index contributed by atoms with van der Waals surface area (Å²) in [5, 5.41) is 0. The number of rotatable bonds is 7. The Kier molecular flexibility index (Phi) is 8.18. The molecule has 114 valence electrons. The summed E-state index contributed by atoms with van der Waals surface area (Å²) in [6.45, 7) is 4.21. The van der Waals surface area contributed by atoms with E-state index >= 15 is 0 Å². The van der Waals surface area contributed by atoms with Crippen molar-refractivity contribution in [2.75, 3.05) is 26.8 Å². The van der Waals surface area contributed by atoms with Gasteiger partial charge in [0.1, 0.15) is 0 Å². The molecule has 1 amide bonds. The lowest BCUT2D eigenvalue weighted by atomic mass is 10.1. The van der Waals surface area contributed by atoms with E-state index in [9.17, 15) is 4.79 Å². The predicted molar refractivity (Wildman–Crippen MR) is 84.6 cm³/mol. The van der Waals surface area contributed by atoms with Crippen LogP contribution in [0.5, 0.6) is 0 Å². The highest BCUT2D eigenvalue weighted by Gasteiger charge is 2.08. The molecule has 4 heteroatoms. The summed E-state index contributed by atoms with van der Waals surface area (Å²) in [5.41, 5.74) is 7.35. The largest absolute Gasteiger partial charge is 0.381 e. The SMILES string of the molecule is CCCOCCC(=O)N(C)Cc1ccc(C#CCN)cc1. The monoisotopic (exact) mass is 288 g/mol. The van der Waals surface area contributed by atoms with Crippen LogP contribution in [0.2, 0.25) is 0 Å². The Morgan fingerprint density at radius 3 is 2.62 bits per heavy atom. The first-order valence-electron chi connectivity index (χ1n) is 7.27. The van der Waals surface area contributed by atoms with Crippen molar-refractivity contribution in [1.29, 1.82) is 0 Å². The van der Waals surface area contributed by atoms with Gasteiger partial charge in [-0.25, -0.2) is 0 Å². The van der Waals surface area contributed by atoms with E-state index in [4.69, 9.17) is 10.5 Å². The number of benzene rings is 1. The van der Waals surface area contributed by atoms with E-state index in [1.807, 2.05) is 31.3 Å². The molecule has 4 nitrogen and oxygen atoms in total. The van der Waals surface area contributed by atoms with Gasteiger partial charge in [0.25, 0.3) is 0 Å². The summed E-state index contributed by atoms with van der Waals surface area (Å²) < 4.78 is 5.33. The van der Waals surface area contributed by atoms with Crippen molar-refractivity contribution in [3.05, 3.63) is 35.4 Å². The van der Waals surface area contributed by atoms with E-state index < -0.39 is 0 Å². The summed E-state index contributed by atoms with van der Waals surface area (Å²) in [6, 6.07) is 7.86. The van der Waals surface area contributed by atoms with E-state index in [1.54, 1.807) is 4.90 Å². The van der Waals surface area contributed by atoms with Gasteiger partial charge in [-0.1, -0.05) is 30.9 Å². The molecule has 1 rings (SSSR count). The highest BCUT2D eigenvalue weighted by Crippen LogP contribution is 2.07. The van der Waals surface area contributed by atoms with Crippen LogP contribution in [0.3, 0.4) is 0 Å². The van der Waals surface area contributed by atoms with Gasteiger partial charge < -0.3 is 15.4 Å².